The molecule has 0 radical (unpaired) electrons. The third kappa shape index (κ3) is 15.2. The van der Waals surface area contributed by atoms with Crippen molar-refractivity contribution in [3.05, 3.63) is 35.9 Å². The molecule has 5 atom stereocenters. The Labute approximate surface area is 297 Å². The Bertz CT molecular complexity index is 1290. The fourth-order valence-electron chi connectivity index (χ4n) is 5.58. The van der Waals surface area contributed by atoms with Crippen molar-refractivity contribution in [3.8, 4) is 0 Å². The summed E-state index contributed by atoms with van der Waals surface area (Å²) < 4.78 is 5.28. The fraction of sp³-hybridized carbons (Fsp3) is 0.676. The highest BCUT2D eigenvalue weighted by atomic mass is 16.6. The van der Waals surface area contributed by atoms with Crippen LogP contribution in [0, 0.1) is 17.8 Å². The van der Waals surface area contributed by atoms with E-state index in [0.717, 1.165) is 5.56 Å². The monoisotopic (exact) mass is 700 g/mol. The molecule has 13 heteroatoms. The first-order valence-electron chi connectivity index (χ1n) is 17.9. The van der Waals surface area contributed by atoms with E-state index in [1.165, 1.54) is 0 Å². The van der Waals surface area contributed by atoms with Crippen LogP contribution in [0.5, 0.6) is 0 Å². The number of carbonyl (C=O) groups is 6. The molecule has 1 aromatic rings. The molecule has 13 nitrogen and oxygen atoms in total. The molecule has 50 heavy (non-hydrogen) atoms. The third-order valence-electron chi connectivity index (χ3n) is 8.06. The Balaban J connectivity index is 2.48. The lowest BCUT2D eigenvalue weighted by atomic mass is 9.98. The quantitative estimate of drug-likeness (QED) is 0.181. The number of hydrogen-bond acceptors (Lipinski definition) is 7. The number of amides is 6. The predicted molar refractivity (Wildman–Crippen MR) is 192 cm³/mol. The standard InChI is InChI=1S/C37H60N6O7/c1-22(2)19-27-32(45)39-26(17-13-14-18-38-36(49)50-37(7,8)9)31(44)41-29(21-25-15-11-10-12-16-25)33(46)40-28(20-23(3)4)34(47)43-30(24(5)6)35(48)42-27/h10-12,15-16,22-24,26-30H,13-14,17-21H2,1-9H3,(H,38,49)(H,39,45)(H,40,46)(H,41,44)(H,42,48)(H,43,47)/t26-,27-,28-,29-,30-/m0/s1. The number of alkyl carbamates (subject to hydrolysis) is 1. The Morgan fingerprint density at radius 3 is 1.70 bits per heavy atom. The summed E-state index contributed by atoms with van der Waals surface area (Å²) in [5.74, 6) is -3.05. The van der Waals surface area contributed by atoms with Gasteiger partial charge >= 0.3 is 6.09 Å². The van der Waals surface area contributed by atoms with Crippen LogP contribution in [-0.2, 0) is 35.1 Å². The number of carbonyl (C=O) groups excluding carboxylic acids is 6. The lowest BCUT2D eigenvalue weighted by Crippen LogP contribution is -2.59. The van der Waals surface area contributed by atoms with Gasteiger partial charge in [0.1, 0.15) is 35.8 Å². The van der Waals surface area contributed by atoms with Gasteiger partial charge in [0.2, 0.25) is 29.5 Å². The Kier molecular flexibility index (Phi) is 16.7. The molecule has 280 valence electrons. The van der Waals surface area contributed by atoms with Gasteiger partial charge in [0.25, 0.3) is 0 Å². The summed E-state index contributed by atoms with van der Waals surface area (Å²) in [4.78, 5) is 81.1. The minimum absolute atomic E-state index is 0.0129. The summed E-state index contributed by atoms with van der Waals surface area (Å²) in [5.41, 5.74) is 0.144. The number of ether oxygens (including phenoxy) is 1. The number of hydrogen-bond donors (Lipinski definition) is 6. The van der Waals surface area contributed by atoms with Crippen LogP contribution in [0.4, 0.5) is 4.79 Å². The van der Waals surface area contributed by atoms with E-state index in [1.54, 1.807) is 34.6 Å². The van der Waals surface area contributed by atoms with Crippen molar-refractivity contribution in [2.75, 3.05) is 6.54 Å². The van der Waals surface area contributed by atoms with E-state index in [1.807, 2.05) is 58.0 Å². The van der Waals surface area contributed by atoms with Crippen LogP contribution >= 0.6 is 0 Å². The maximum absolute atomic E-state index is 14.0. The van der Waals surface area contributed by atoms with Gasteiger partial charge < -0.3 is 36.6 Å². The number of nitrogens with one attached hydrogen (secondary N) is 6. The normalized spacial score (nSPS) is 22.9. The van der Waals surface area contributed by atoms with Crippen LogP contribution < -0.4 is 31.9 Å². The topological polar surface area (TPSA) is 184 Å². The molecule has 1 aromatic carbocycles. The van der Waals surface area contributed by atoms with E-state index in [-0.39, 0.29) is 43.6 Å². The van der Waals surface area contributed by atoms with Gasteiger partial charge in [-0.1, -0.05) is 71.9 Å². The molecular formula is C37H60N6O7. The molecule has 1 fully saturated rings. The molecule has 0 spiro atoms. The Morgan fingerprint density at radius 1 is 0.680 bits per heavy atom. The van der Waals surface area contributed by atoms with E-state index >= 15 is 0 Å². The van der Waals surface area contributed by atoms with Crippen molar-refractivity contribution in [1.82, 2.24) is 31.9 Å². The van der Waals surface area contributed by atoms with Gasteiger partial charge in [-0.3, -0.25) is 24.0 Å². The first-order valence-corrected chi connectivity index (χ1v) is 17.9. The number of benzene rings is 1. The average molecular weight is 701 g/mol. The smallest absolute Gasteiger partial charge is 0.407 e. The maximum Gasteiger partial charge on any atom is 0.407 e. The molecule has 0 aromatic heterocycles. The highest BCUT2D eigenvalue weighted by Crippen LogP contribution is 2.14. The lowest BCUT2D eigenvalue weighted by Gasteiger charge is -2.28. The van der Waals surface area contributed by atoms with Crippen molar-refractivity contribution in [3.63, 3.8) is 0 Å². The highest BCUT2D eigenvalue weighted by Gasteiger charge is 2.35. The average Bonchev–Trinajstić information content (AvgIpc) is 3.00. The second-order valence-corrected chi connectivity index (χ2v) is 15.3. The zero-order valence-electron chi connectivity index (χ0n) is 31.3. The summed E-state index contributed by atoms with van der Waals surface area (Å²) in [6.07, 6.45) is 1.29. The van der Waals surface area contributed by atoms with Crippen molar-refractivity contribution in [2.24, 2.45) is 17.8 Å². The molecule has 0 bridgehead atoms. The van der Waals surface area contributed by atoms with Gasteiger partial charge in [0, 0.05) is 13.0 Å². The van der Waals surface area contributed by atoms with Crippen LogP contribution in [0.25, 0.3) is 0 Å². The lowest BCUT2D eigenvalue weighted by molar-refractivity contribution is -0.135. The number of unbranched alkanes of at least 4 members (excludes halogenated alkanes) is 1. The minimum atomic E-state index is -1.07. The van der Waals surface area contributed by atoms with Crippen LogP contribution in [0.1, 0.15) is 100.0 Å². The van der Waals surface area contributed by atoms with Crippen LogP contribution in [0.15, 0.2) is 30.3 Å². The molecule has 6 N–H and O–H groups in total. The molecule has 0 aliphatic carbocycles. The first kappa shape index (κ1) is 42.0. The summed E-state index contributed by atoms with van der Waals surface area (Å²) in [6.45, 7) is 16.9. The second-order valence-electron chi connectivity index (χ2n) is 15.3. The zero-order chi connectivity index (χ0) is 37.6. The number of rotatable bonds is 12. The Morgan fingerprint density at radius 2 is 1.16 bits per heavy atom. The van der Waals surface area contributed by atoms with E-state index in [2.05, 4.69) is 31.9 Å². The molecule has 2 rings (SSSR count). The second kappa shape index (κ2) is 19.9. The molecule has 6 amide bonds. The van der Waals surface area contributed by atoms with Gasteiger partial charge in [0.05, 0.1) is 0 Å². The van der Waals surface area contributed by atoms with Gasteiger partial charge in [-0.05, 0) is 76.2 Å². The third-order valence-corrected chi connectivity index (χ3v) is 8.06. The van der Waals surface area contributed by atoms with Gasteiger partial charge in [0.15, 0.2) is 0 Å². The largest absolute Gasteiger partial charge is 0.444 e. The molecule has 0 saturated carbocycles. The van der Waals surface area contributed by atoms with Crippen LogP contribution in [-0.4, -0.2) is 78.0 Å². The van der Waals surface area contributed by atoms with Crippen molar-refractivity contribution in [1.29, 1.82) is 0 Å². The summed E-state index contributed by atoms with van der Waals surface area (Å²) in [7, 11) is 0. The molecule has 1 aliphatic rings. The summed E-state index contributed by atoms with van der Waals surface area (Å²) in [5, 5.41) is 16.9. The Hall–Kier alpha value is -4.16. The zero-order valence-corrected chi connectivity index (χ0v) is 31.3. The minimum Gasteiger partial charge on any atom is -0.444 e. The molecule has 1 heterocycles. The summed E-state index contributed by atoms with van der Waals surface area (Å²) >= 11 is 0. The summed E-state index contributed by atoms with van der Waals surface area (Å²) in [6, 6.07) is 4.12. The predicted octanol–water partition coefficient (Wildman–Crippen LogP) is 3.11. The van der Waals surface area contributed by atoms with Gasteiger partial charge in [-0.25, -0.2) is 4.79 Å². The van der Waals surface area contributed by atoms with E-state index in [9.17, 15) is 28.8 Å². The SMILES string of the molecule is CC(C)C[C@@H]1NC(=O)[C@H](Cc2ccccc2)NC(=O)[C@H](CCCCNC(=O)OC(C)(C)C)NC(=O)[C@H](CC(C)C)NC(=O)[C@H](C(C)C)NC1=O. The van der Waals surface area contributed by atoms with Crippen molar-refractivity contribution < 1.29 is 33.5 Å². The van der Waals surface area contributed by atoms with Gasteiger partial charge in [-0.2, -0.15) is 0 Å². The fourth-order valence-corrected chi connectivity index (χ4v) is 5.58. The maximum atomic E-state index is 14.0. The molecule has 1 aliphatic heterocycles. The van der Waals surface area contributed by atoms with Crippen molar-refractivity contribution in [2.45, 2.75) is 137 Å². The highest BCUT2D eigenvalue weighted by molar-refractivity contribution is 5.98. The molecule has 1 saturated heterocycles. The molecule has 0 unspecified atom stereocenters. The van der Waals surface area contributed by atoms with Gasteiger partial charge in [-0.15, -0.1) is 0 Å². The molecular weight excluding hydrogens is 640 g/mol. The van der Waals surface area contributed by atoms with Crippen LogP contribution in [0.2, 0.25) is 0 Å². The van der Waals surface area contributed by atoms with E-state index in [4.69, 9.17) is 4.74 Å². The van der Waals surface area contributed by atoms with Crippen molar-refractivity contribution >= 4 is 35.6 Å². The van der Waals surface area contributed by atoms with E-state index in [0.29, 0.717) is 19.3 Å². The van der Waals surface area contributed by atoms with E-state index < -0.39 is 71.4 Å². The first-order chi connectivity index (χ1) is 23.4. The van der Waals surface area contributed by atoms with Crippen LogP contribution in [0.3, 0.4) is 0 Å².